The Bertz CT molecular complexity index is 1100. The van der Waals surface area contributed by atoms with Crippen LogP contribution in [0.4, 0.5) is 10.1 Å². The number of aryl methyl sites for hydroxylation is 2. The molecule has 0 radical (unpaired) electrons. The van der Waals surface area contributed by atoms with Crippen molar-refractivity contribution in [3.63, 3.8) is 0 Å². The Balaban J connectivity index is 2.24. The number of allylic oxidation sites excluding steroid dienone is 4. The molecule has 0 saturated carbocycles. The number of nitrogens with zero attached hydrogens (tertiary/aromatic N) is 1. The minimum Gasteiger partial charge on any atom is -0.355 e. The van der Waals surface area contributed by atoms with Crippen LogP contribution in [0.3, 0.4) is 0 Å². The first-order valence-corrected chi connectivity index (χ1v) is 11.5. The lowest BCUT2D eigenvalue weighted by molar-refractivity contribution is 0.325. The number of hydrogen-bond acceptors (Lipinski definition) is 2. The van der Waals surface area contributed by atoms with E-state index in [9.17, 15) is 0 Å². The Kier molecular flexibility index (Phi) is 7.09. The summed E-state index contributed by atoms with van der Waals surface area (Å²) >= 11 is 0. The van der Waals surface area contributed by atoms with E-state index in [1.165, 1.54) is 5.56 Å². The zero-order valence-electron chi connectivity index (χ0n) is 20.9. The molecule has 2 aromatic carbocycles. The second-order valence-electron chi connectivity index (χ2n) is 9.63. The van der Waals surface area contributed by atoms with Crippen molar-refractivity contribution in [1.82, 2.24) is 4.90 Å². The molecule has 3 rings (SSSR count). The SMILES string of the molecule is C=C1Nc2c(C)cc(C)c(-c3ccc(C(CN(C)C)C(C)C)c(F)c3)c2C(/C=C\C)=C1C. The molecule has 32 heavy (non-hydrogen) atoms. The van der Waals surface area contributed by atoms with Gasteiger partial charge in [0.25, 0.3) is 0 Å². The highest BCUT2D eigenvalue weighted by molar-refractivity contribution is 5.99. The molecule has 0 saturated heterocycles. The van der Waals surface area contributed by atoms with Crippen molar-refractivity contribution in [3.05, 3.63) is 82.3 Å². The van der Waals surface area contributed by atoms with E-state index in [1.54, 1.807) is 6.07 Å². The Morgan fingerprint density at radius 3 is 2.31 bits per heavy atom. The van der Waals surface area contributed by atoms with Gasteiger partial charge in [-0.2, -0.15) is 0 Å². The largest absolute Gasteiger partial charge is 0.355 e. The molecule has 0 aliphatic carbocycles. The summed E-state index contributed by atoms with van der Waals surface area (Å²) in [6.07, 6.45) is 4.19. The van der Waals surface area contributed by atoms with E-state index in [-0.39, 0.29) is 11.7 Å². The molecule has 2 nitrogen and oxygen atoms in total. The quantitative estimate of drug-likeness (QED) is 0.503. The maximum atomic E-state index is 15.5. The molecule has 0 fully saturated rings. The molecule has 1 unspecified atom stereocenters. The third kappa shape index (κ3) is 4.45. The lowest BCUT2D eigenvalue weighted by Gasteiger charge is -2.29. The van der Waals surface area contributed by atoms with Gasteiger partial charge in [0.05, 0.1) is 0 Å². The summed E-state index contributed by atoms with van der Waals surface area (Å²) in [7, 11) is 4.09. The maximum Gasteiger partial charge on any atom is 0.127 e. The molecular formula is C29H37FN2. The van der Waals surface area contributed by atoms with E-state index in [4.69, 9.17) is 0 Å². The molecule has 1 atom stereocenters. The first-order chi connectivity index (χ1) is 15.1. The maximum absolute atomic E-state index is 15.5. The van der Waals surface area contributed by atoms with Crippen LogP contribution in [0.5, 0.6) is 0 Å². The number of nitrogens with one attached hydrogen (secondary N) is 1. The smallest absolute Gasteiger partial charge is 0.127 e. The van der Waals surface area contributed by atoms with Gasteiger partial charge in [0.15, 0.2) is 0 Å². The van der Waals surface area contributed by atoms with Crippen LogP contribution in [0.15, 0.2) is 54.3 Å². The number of rotatable bonds is 6. The highest BCUT2D eigenvalue weighted by Gasteiger charge is 2.26. The topological polar surface area (TPSA) is 15.3 Å². The van der Waals surface area contributed by atoms with E-state index >= 15 is 4.39 Å². The zero-order valence-corrected chi connectivity index (χ0v) is 20.9. The van der Waals surface area contributed by atoms with E-state index in [0.29, 0.717) is 5.92 Å². The van der Waals surface area contributed by atoms with Gasteiger partial charge >= 0.3 is 0 Å². The number of hydrogen-bond donors (Lipinski definition) is 1. The van der Waals surface area contributed by atoms with Crippen LogP contribution in [0.2, 0.25) is 0 Å². The van der Waals surface area contributed by atoms with Crippen LogP contribution in [0.25, 0.3) is 16.7 Å². The summed E-state index contributed by atoms with van der Waals surface area (Å²) in [5, 5.41) is 3.50. The van der Waals surface area contributed by atoms with Crippen molar-refractivity contribution < 1.29 is 4.39 Å². The minimum atomic E-state index is -0.127. The summed E-state index contributed by atoms with van der Waals surface area (Å²) in [4.78, 5) is 2.13. The summed E-state index contributed by atoms with van der Waals surface area (Å²) in [5.74, 6) is 0.379. The lowest BCUT2D eigenvalue weighted by atomic mass is 9.82. The number of anilines is 1. The van der Waals surface area contributed by atoms with Crippen molar-refractivity contribution in [2.45, 2.75) is 47.5 Å². The van der Waals surface area contributed by atoms with Crippen molar-refractivity contribution in [2.75, 3.05) is 26.0 Å². The lowest BCUT2D eigenvalue weighted by Crippen LogP contribution is -2.24. The average molecular weight is 433 g/mol. The van der Waals surface area contributed by atoms with Crippen molar-refractivity contribution >= 4 is 11.3 Å². The summed E-state index contributed by atoms with van der Waals surface area (Å²) in [5.41, 5.74) is 10.5. The van der Waals surface area contributed by atoms with Gasteiger partial charge in [-0.25, -0.2) is 4.39 Å². The van der Waals surface area contributed by atoms with Crippen LogP contribution in [-0.2, 0) is 0 Å². The fourth-order valence-corrected chi connectivity index (χ4v) is 4.81. The summed E-state index contributed by atoms with van der Waals surface area (Å²) < 4.78 is 15.5. The highest BCUT2D eigenvalue weighted by Crippen LogP contribution is 2.45. The average Bonchev–Trinajstić information content (AvgIpc) is 2.70. The van der Waals surface area contributed by atoms with Gasteiger partial charge < -0.3 is 10.2 Å². The molecule has 1 aliphatic heterocycles. The fraction of sp³-hybridized carbons (Fsp3) is 0.379. The van der Waals surface area contributed by atoms with E-state index in [1.807, 2.05) is 27.1 Å². The summed E-state index contributed by atoms with van der Waals surface area (Å²) in [6.45, 7) is 17.7. The minimum absolute atomic E-state index is 0.127. The molecule has 2 aromatic rings. The van der Waals surface area contributed by atoms with Gasteiger partial charge in [0.1, 0.15) is 5.82 Å². The molecule has 1 heterocycles. The van der Waals surface area contributed by atoms with Crippen molar-refractivity contribution in [1.29, 1.82) is 0 Å². The monoisotopic (exact) mass is 432 g/mol. The second-order valence-corrected chi connectivity index (χ2v) is 9.63. The van der Waals surface area contributed by atoms with E-state index < -0.39 is 0 Å². The molecule has 170 valence electrons. The van der Waals surface area contributed by atoms with Gasteiger partial charge in [0, 0.05) is 29.4 Å². The molecular weight excluding hydrogens is 395 g/mol. The highest BCUT2D eigenvalue weighted by atomic mass is 19.1. The summed E-state index contributed by atoms with van der Waals surface area (Å²) in [6, 6.07) is 7.99. The molecule has 0 aromatic heterocycles. The first kappa shape index (κ1) is 24.0. The number of fused-ring (bicyclic) bond motifs is 1. The van der Waals surface area contributed by atoms with Crippen molar-refractivity contribution in [2.24, 2.45) is 5.92 Å². The predicted molar refractivity (Wildman–Crippen MR) is 138 cm³/mol. The molecule has 0 amide bonds. The molecule has 3 heteroatoms. The van der Waals surface area contributed by atoms with Crippen LogP contribution in [-0.4, -0.2) is 25.5 Å². The second kappa shape index (κ2) is 9.46. The van der Waals surface area contributed by atoms with Crippen LogP contribution >= 0.6 is 0 Å². The Morgan fingerprint density at radius 1 is 1.06 bits per heavy atom. The zero-order chi connectivity index (χ0) is 23.7. The number of halogens is 1. The number of benzene rings is 2. The fourth-order valence-electron chi connectivity index (χ4n) is 4.81. The standard InChI is InChI=1S/C29H37FN2/c1-10-11-23-20(6)21(7)31-29-19(5)14-18(4)27(28(23)29)22-12-13-24(26(30)15-22)25(17(2)3)16-32(8)9/h10-15,17,25,31H,7,16H2,1-6,8-9H3/b11-10-. The molecule has 1 aliphatic rings. The van der Waals surface area contributed by atoms with Gasteiger partial charge in [0.2, 0.25) is 0 Å². The Hall–Kier alpha value is -2.65. The van der Waals surface area contributed by atoms with Crippen LogP contribution in [0, 0.1) is 25.6 Å². The molecule has 1 N–H and O–H groups in total. The molecule has 0 bridgehead atoms. The normalized spacial score (nSPS) is 15.0. The Labute approximate surface area is 193 Å². The van der Waals surface area contributed by atoms with E-state index in [2.05, 4.69) is 75.7 Å². The third-order valence-electron chi connectivity index (χ3n) is 6.51. The van der Waals surface area contributed by atoms with E-state index in [0.717, 1.165) is 56.9 Å². The van der Waals surface area contributed by atoms with Gasteiger partial charge in [-0.05, 0) is 92.7 Å². The van der Waals surface area contributed by atoms with Gasteiger partial charge in [-0.15, -0.1) is 0 Å². The predicted octanol–water partition coefficient (Wildman–Crippen LogP) is 7.70. The van der Waals surface area contributed by atoms with Gasteiger partial charge in [-0.1, -0.05) is 50.8 Å². The Morgan fingerprint density at radius 2 is 1.75 bits per heavy atom. The van der Waals surface area contributed by atoms with Crippen LogP contribution in [0.1, 0.15) is 55.9 Å². The third-order valence-corrected chi connectivity index (χ3v) is 6.51. The van der Waals surface area contributed by atoms with Crippen molar-refractivity contribution in [3.8, 4) is 11.1 Å². The first-order valence-electron chi connectivity index (χ1n) is 11.5. The van der Waals surface area contributed by atoms with Crippen LogP contribution < -0.4 is 5.32 Å². The number of likely N-dealkylation sites (N-methyl/N-ethyl adjacent to an activating group) is 1. The van der Waals surface area contributed by atoms with Gasteiger partial charge in [-0.3, -0.25) is 0 Å². The molecule has 0 spiro atoms.